The van der Waals surface area contributed by atoms with E-state index in [1.165, 1.54) is 51.7 Å². The van der Waals surface area contributed by atoms with Crippen LogP contribution in [0.1, 0.15) is 56.1 Å². The molecule has 1 aromatic carbocycles. The molecule has 110 valence electrons. The van der Waals surface area contributed by atoms with E-state index in [9.17, 15) is 0 Å². The summed E-state index contributed by atoms with van der Waals surface area (Å²) in [6.07, 6.45) is 6.75. The maximum absolute atomic E-state index is 3.48. The number of hydrogen-bond donors (Lipinski definition) is 1. The Morgan fingerprint density at radius 3 is 2.70 bits per heavy atom. The Labute approximate surface area is 123 Å². The van der Waals surface area contributed by atoms with Gasteiger partial charge in [-0.1, -0.05) is 30.7 Å². The highest BCUT2D eigenvalue weighted by Gasteiger charge is 2.22. The second-order valence-corrected chi connectivity index (χ2v) is 6.54. The van der Waals surface area contributed by atoms with E-state index < -0.39 is 0 Å². The molecular weight excluding hydrogens is 244 g/mol. The number of likely N-dealkylation sites (tertiary alicyclic amines) is 1. The van der Waals surface area contributed by atoms with Crippen LogP contribution in [0.4, 0.5) is 0 Å². The number of nitrogens with zero attached hydrogens (tertiary/aromatic N) is 1. The van der Waals surface area contributed by atoms with Crippen LogP contribution in [-0.4, -0.2) is 30.6 Å². The fraction of sp³-hybridized carbons (Fsp3) is 0.667. The number of benzene rings is 1. The largest absolute Gasteiger partial charge is 0.317 e. The third-order valence-electron chi connectivity index (χ3n) is 5.15. The van der Waals surface area contributed by atoms with Crippen molar-refractivity contribution in [3.8, 4) is 0 Å². The molecule has 1 aromatic rings. The second-order valence-electron chi connectivity index (χ2n) is 6.54. The summed E-state index contributed by atoms with van der Waals surface area (Å²) in [5, 5.41) is 3.48. The molecule has 0 aliphatic carbocycles. The first kappa shape index (κ1) is 14.1. The summed E-state index contributed by atoms with van der Waals surface area (Å²) in [7, 11) is 0. The first-order valence-electron chi connectivity index (χ1n) is 8.37. The molecule has 0 aromatic heterocycles. The van der Waals surface area contributed by atoms with Crippen LogP contribution in [0.3, 0.4) is 0 Å². The summed E-state index contributed by atoms with van der Waals surface area (Å²) in [6.45, 7) is 7.19. The minimum absolute atomic E-state index is 0.754. The SMILES string of the molecule is CC1CCCCN1Cc1ccccc1C1CCNCC1. The average molecular weight is 272 g/mol. The zero-order valence-corrected chi connectivity index (χ0v) is 12.8. The maximum Gasteiger partial charge on any atom is 0.0239 e. The van der Waals surface area contributed by atoms with Crippen molar-refractivity contribution in [3.05, 3.63) is 35.4 Å². The van der Waals surface area contributed by atoms with Crippen LogP contribution in [0.15, 0.2) is 24.3 Å². The smallest absolute Gasteiger partial charge is 0.0239 e. The number of piperidine rings is 2. The highest BCUT2D eigenvalue weighted by Crippen LogP contribution is 2.30. The van der Waals surface area contributed by atoms with Crippen LogP contribution < -0.4 is 5.32 Å². The summed E-state index contributed by atoms with van der Waals surface area (Å²) in [6, 6.07) is 9.93. The Kier molecular flexibility index (Phi) is 4.74. The van der Waals surface area contributed by atoms with Crippen molar-refractivity contribution in [2.45, 2.75) is 57.5 Å². The van der Waals surface area contributed by atoms with Gasteiger partial charge in [0.05, 0.1) is 0 Å². The van der Waals surface area contributed by atoms with Gasteiger partial charge in [0.2, 0.25) is 0 Å². The van der Waals surface area contributed by atoms with Crippen LogP contribution in [0.25, 0.3) is 0 Å². The highest BCUT2D eigenvalue weighted by molar-refractivity contribution is 5.31. The van der Waals surface area contributed by atoms with Gasteiger partial charge in [-0.05, 0) is 69.3 Å². The Balaban J connectivity index is 1.75. The number of nitrogens with one attached hydrogen (secondary N) is 1. The second kappa shape index (κ2) is 6.73. The van der Waals surface area contributed by atoms with Crippen molar-refractivity contribution in [1.82, 2.24) is 10.2 Å². The molecule has 2 heterocycles. The molecule has 0 spiro atoms. The Bertz CT molecular complexity index is 423. The number of hydrogen-bond acceptors (Lipinski definition) is 2. The van der Waals surface area contributed by atoms with Gasteiger partial charge in [-0.3, -0.25) is 4.90 Å². The van der Waals surface area contributed by atoms with Gasteiger partial charge in [-0.25, -0.2) is 0 Å². The fourth-order valence-corrected chi connectivity index (χ4v) is 3.82. The van der Waals surface area contributed by atoms with E-state index in [0.29, 0.717) is 0 Å². The lowest BCUT2D eigenvalue weighted by molar-refractivity contribution is 0.152. The van der Waals surface area contributed by atoms with Crippen LogP contribution in [-0.2, 0) is 6.54 Å². The van der Waals surface area contributed by atoms with Crippen LogP contribution in [0.2, 0.25) is 0 Å². The van der Waals surface area contributed by atoms with Crippen LogP contribution >= 0.6 is 0 Å². The summed E-state index contributed by atoms with van der Waals surface area (Å²) < 4.78 is 0. The van der Waals surface area contributed by atoms with E-state index in [2.05, 4.69) is 41.4 Å². The van der Waals surface area contributed by atoms with Crippen molar-refractivity contribution in [2.24, 2.45) is 0 Å². The van der Waals surface area contributed by atoms with Crippen molar-refractivity contribution < 1.29 is 0 Å². The molecule has 1 N–H and O–H groups in total. The summed E-state index contributed by atoms with van der Waals surface area (Å²) in [4.78, 5) is 2.68. The van der Waals surface area contributed by atoms with Gasteiger partial charge in [-0.15, -0.1) is 0 Å². The molecule has 0 saturated carbocycles. The van der Waals surface area contributed by atoms with Gasteiger partial charge in [0.1, 0.15) is 0 Å². The monoisotopic (exact) mass is 272 g/mol. The Morgan fingerprint density at radius 2 is 1.90 bits per heavy atom. The van der Waals surface area contributed by atoms with Gasteiger partial charge in [0, 0.05) is 12.6 Å². The minimum Gasteiger partial charge on any atom is -0.317 e. The lowest BCUT2D eigenvalue weighted by Gasteiger charge is -2.34. The highest BCUT2D eigenvalue weighted by atomic mass is 15.2. The molecule has 1 atom stereocenters. The quantitative estimate of drug-likeness (QED) is 0.905. The molecule has 2 aliphatic rings. The van der Waals surface area contributed by atoms with Gasteiger partial charge < -0.3 is 5.32 Å². The van der Waals surface area contributed by atoms with E-state index in [1.54, 1.807) is 11.1 Å². The van der Waals surface area contributed by atoms with E-state index in [4.69, 9.17) is 0 Å². The van der Waals surface area contributed by atoms with Gasteiger partial charge >= 0.3 is 0 Å². The van der Waals surface area contributed by atoms with Crippen LogP contribution in [0.5, 0.6) is 0 Å². The standard InChI is InChI=1S/C18H28N2/c1-15-6-4-5-13-20(15)14-17-7-2-3-8-18(17)16-9-11-19-12-10-16/h2-3,7-8,15-16,19H,4-6,9-14H2,1H3. The van der Waals surface area contributed by atoms with Gasteiger partial charge in [-0.2, -0.15) is 0 Å². The summed E-state index contributed by atoms with van der Waals surface area (Å²) in [5.41, 5.74) is 3.19. The normalized spacial score (nSPS) is 25.8. The summed E-state index contributed by atoms with van der Waals surface area (Å²) in [5.74, 6) is 0.771. The zero-order valence-electron chi connectivity index (χ0n) is 12.8. The molecule has 2 aliphatic heterocycles. The van der Waals surface area contributed by atoms with Gasteiger partial charge in [0.15, 0.2) is 0 Å². The van der Waals surface area contributed by atoms with Crippen molar-refractivity contribution in [3.63, 3.8) is 0 Å². The third-order valence-corrected chi connectivity index (χ3v) is 5.15. The van der Waals surface area contributed by atoms with E-state index in [0.717, 1.165) is 18.5 Å². The predicted molar refractivity (Wildman–Crippen MR) is 85.0 cm³/mol. The van der Waals surface area contributed by atoms with E-state index >= 15 is 0 Å². The lowest BCUT2D eigenvalue weighted by atomic mass is 9.86. The van der Waals surface area contributed by atoms with Gasteiger partial charge in [0.25, 0.3) is 0 Å². The van der Waals surface area contributed by atoms with E-state index in [-0.39, 0.29) is 0 Å². The molecule has 2 heteroatoms. The van der Waals surface area contributed by atoms with Crippen molar-refractivity contribution >= 4 is 0 Å². The van der Waals surface area contributed by atoms with Crippen molar-refractivity contribution in [2.75, 3.05) is 19.6 Å². The molecule has 0 amide bonds. The zero-order chi connectivity index (χ0) is 13.8. The first-order chi connectivity index (χ1) is 9.84. The molecule has 0 bridgehead atoms. The third kappa shape index (κ3) is 3.24. The summed E-state index contributed by atoms with van der Waals surface area (Å²) >= 11 is 0. The Morgan fingerprint density at radius 1 is 1.10 bits per heavy atom. The van der Waals surface area contributed by atoms with Crippen LogP contribution in [0, 0.1) is 0 Å². The fourth-order valence-electron chi connectivity index (χ4n) is 3.82. The molecule has 0 radical (unpaired) electrons. The number of rotatable bonds is 3. The maximum atomic E-state index is 3.48. The molecule has 2 fully saturated rings. The molecule has 2 saturated heterocycles. The molecule has 3 rings (SSSR count). The molecule has 2 nitrogen and oxygen atoms in total. The Hall–Kier alpha value is -0.860. The average Bonchev–Trinajstić information content (AvgIpc) is 2.51. The predicted octanol–water partition coefficient (Wildman–Crippen LogP) is 3.53. The lowest BCUT2D eigenvalue weighted by Crippen LogP contribution is -2.37. The van der Waals surface area contributed by atoms with E-state index in [1.807, 2.05) is 0 Å². The molecule has 20 heavy (non-hydrogen) atoms. The molecular formula is C18H28N2. The minimum atomic E-state index is 0.754. The topological polar surface area (TPSA) is 15.3 Å². The first-order valence-corrected chi connectivity index (χ1v) is 8.37. The van der Waals surface area contributed by atoms with Crippen molar-refractivity contribution in [1.29, 1.82) is 0 Å². The molecule has 1 unspecified atom stereocenters.